The van der Waals surface area contributed by atoms with Crippen LogP contribution in [0.2, 0.25) is 0 Å². The Bertz CT molecular complexity index is 545. The summed E-state index contributed by atoms with van der Waals surface area (Å²) in [5.74, 6) is 1.34. The summed E-state index contributed by atoms with van der Waals surface area (Å²) in [5.41, 5.74) is 2.31. The molecule has 0 saturated heterocycles. The van der Waals surface area contributed by atoms with Gasteiger partial charge in [0.2, 0.25) is 5.95 Å². The first-order chi connectivity index (χ1) is 9.85. The average Bonchev–Trinajstić information content (AvgIpc) is 3.03. The third kappa shape index (κ3) is 3.12. The minimum Gasteiger partial charge on any atom is -0.324 e. The first-order valence-corrected chi connectivity index (χ1v) is 8.30. The van der Waals surface area contributed by atoms with Crippen LogP contribution in [0.3, 0.4) is 0 Å². The summed E-state index contributed by atoms with van der Waals surface area (Å²) in [7, 11) is 0. The van der Waals surface area contributed by atoms with E-state index in [1.165, 1.54) is 36.1 Å². The van der Waals surface area contributed by atoms with Crippen molar-refractivity contribution < 1.29 is 0 Å². The van der Waals surface area contributed by atoms with E-state index in [0.717, 1.165) is 5.69 Å². The van der Waals surface area contributed by atoms with Crippen molar-refractivity contribution in [3.8, 4) is 0 Å². The van der Waals surface area contributed by atoms with Gasteiger partial charge in [0.15, 0.2) is 0 Å². The van der Waals surface area contributed by atoms with E-state index in [1.54, 1.807) is 11.8 Å². The normalized spacial score (nSPS) is 15.4. The van der Waals surface area contributed by atoms with Crippen LogP contribution in [0.1, 0.15) is 37.2 Å². The number of hydrogen-bond acceptors (Lipinski definition) is 4. The first-order valence-electron chi connectivity index (χ1n) is 7.08. The third-order valence-corrected chi connectivity index (χ3v) is 4.59. The number of hydrogen-bond donors (Lipinski definition) is 1. The Labute approximate surface area is 124 Å². The molecule has 0 bridgehead atoms. The third-order valence-electron chi connectivity index (χ3n) is 3.84. The van der Waals surface area contributed by atoms with Gasteiger partial charge in [-0.3, -0.25) is 0 Å². The molecule has 2 aromatic rings. The second-order valence-electron chi connectivity index (χ2n) is 5.17. The molecule has 1 heterocycles. The molecule has 1 aromatic heterocycles. The molecule has 0 radical (unpaired) electrons. The molecule has 0 unspecified atom stereocenters. The molecule has 0 amide bonds. The van der Waals surface area contributed by atoms with Gasteiger partial charge in [-0.1, -0.05) is 12.8 Å². The van der Waals surface area contributed by atoms with Gasteiger partial charge in [0.25, 0.3) is 0 Å². The Kier molecular flexibility index (Phi) is 4.21. The molecule has 0 atom stereocenters. The molecule has 1 saturated carbocycles. The van der Waals surface area contributed by atoms with Crippen molar-refractivity contribution in [3.63, 3.8) is 0 Å². The van der Waals surface area contributed by atoms with E-state index in [0.29, 0.717) is 11.9 Å². The summed E-state index contributed by atoms with van der Waals surface area (Å²) in [6, 6.07) is 8.31. The molecule has 3 nitrogen and oxygen atoms in total. The lowest BCUT2D eigenvalue weighted by molar-refractivity contribution is 0.714. The van der Waals surface area contributed by atoms with Crippen LogP contribution in [0.4, 0.5) is 11.6 Å². The van der Waals surface area contributed by atoms with Gasteiger partial charge in [0.1, 0.15) is 0 Å². The van der Waals surface area contributed by atoms with E-state index in [2.05, 4.69) is 45.8 Å². The summed E-state index contributed by atoms with van der Waals surface area (Å²) < 4.78 is 0. The van der Waals surface area contributed by atoms with Gasteiger partial charge in [-0.15, -0.1) is 11.8 Å². The van der Waals surface area contributed by atoms with Crippen molar-refractivity contribution in [3.05, 3.63) is 42.2 Å². The summed E-state index contributed by atoms with van der Waals surface area (Å²) in [6.07, 6.45) is 11.3. The van der Waals surface area contributed by atoms with Crippen molar-refractivity contribution in [2.75, 3.05) is 11.6 Å². The summed E-state index contributed by atoms with van der Waals surface area (Å²) in [4.78, 5) is 10.1. The molecule has 1 N–H and O–H groups in total. The highest BCUT2D eigenvalue weighted by molar-refractivity contribution is 7.98. The first kappa shape index (κ1) is 13.4. The molecule has 104 valence electrons. The number of nitrogens with zero attached hydrogens (tertiary/aromatic N) is 2. The summed E-state index contributed by atoms with van der Waals surface area (Å²) in [6.45, 7) is 0. The lowest BCUT2D eigenvalue weighted by atomic mass is 10.0. The van der Waals surface area contributed by atoms with Gasteiger partial charge in [-0.05, 0) is 54.8 Å². The minimum absolute atomic E-state index is 0.670. The fourth-order valence-electron chi connectivity index (χ4n) is 2.68. The molecule has 4 heteroatoms. The van der Waals surface area contributed by atoms with Crippen molar-refractivity contribution in [2.24, 2.45) is 0 Å². The summed E-state index contributed by atoms with van der Waals surface area (Å²) >= 11 is 1.74. The second-order valence-corrected chi connectivity index (χ2v) is 6.05. The van der Waals surface area contributed by atoms with Crippen LogP contribution in [0.15, 0.2) is 41.6 Å². The van der Waals surface area contributed by atoms with Gasteiger partial charge in [-0.2, -0.15) is 0 Å². The van der Waals surface area contributed by atoms with Crippen LogP contribution in [0.5, 0.6) is 0 Å². The molecule has 1 aliphatic carbocycles. The SMILES string of the molecule is CSc1ccc(Nc2ncc(C3CCCC3)cn2)cc1. The zero-order valence-electron chi connectivity index (χ0n) is 11.7. The van der Waals surface area contributed by atoms with Crippen molar-refractivity contribution >= 4 is 23.4 Å². The average molecular weight is 285 g/mol. The molecule has 0 aliphatic heterocycles. The number of nitrogens with one attached hydrogen (secondary N) is 1. The van der Waals surface area contributed by atoms with Crippen LogP contribution in [0, 0.1) is 0 Å². The maximum absolute atomic E-state index is 4.43. The summed E-state index contributed by atoms with van der Waals surface area (Å²) in [5, 5.41) is 3.24. The highest BCUT2D eigenvalue weighted by atomic mass is 32.2. The Morgan fingerprint density at radius 1 is 1.05 bits per heavy atom. The van der Waals surface area contributed by atoms with E-state index in [9.17, 15) is 0 Å². The highest BCUT2D eigenvalue weighted by Gasteiger charge is 2.17. The number of rotatable bonds is 4. The molecule has 0 spiro atoms. The predicted octanol–water partition coefficient (Wildman–Crippen LogP) is 4.60. The van der Waals surface area contributed by atoms with Crippen LogP contribution in [0.25, 0.3) is 0 Å². The van der Waals surface area contributed by atoms with E-state index in [1.807, 2.05) is 12.4 Å². The maximum atomic E-state index is 4.43. The zero-order valence-corrected chi connectivity index (χ0v) is 12.5. The van der Waals surface area contributed by atoms with Gasteiger partial charge in [0.05, 0.1) is 0 Å². The van der Waals surface area contributed by atoms with Crippen LogP contribution >= 0.6 is 11.8 Å². The van der Waals surface area contributed by atoms with Crippen LogP contribution in [-0.2, 0) is 0 Å². The lowest BCUT2D eigenvalue weighted by Gasteiger charge is -2.09. The fourth-order valence-corrected chi connectivity index (χ4v) is 3.08. The maximum Gasteiger partial charge on any atom is 0.227 e. The second kappa shape index (κ2) is 6.27. The number of aromatic nitrogens is 2. The van der Waals surface area contributed by atoms with E-state index in [4.69, 9.17) is 0 Å². The topological polar surface area (TPSA) is 37.8 Å². The molecule has 20 heavy (non-hydrogen) atoms. The van der Waals surface area contributed by atoms with Crippen molar-refractivity contribution in [1.82, 2.24) is 9.97 Å². The number of anilines is 2. The van der Waals surface area contributed by atoms with Gasteiger partial charge < -0.3 is 5.32 Å². The zero-order chi connectivity index (χ0) is 13.8. The molecule has 1 fully saturated rings. The van der Waals surface area contributed by atoms with Gasteiger partial charge in [0, 0.05) is 23.0 Å². The Morgan fingerprint density at radius 3 is 2.30 bits per heavy atom. The smallest absolute Gasteiger partial charge is 0.227 e. The fraction of sp³-hybridized carbons (Fsp3) is 0.375. The molecule has 1 aliphatic rings. The number of thioether (sulfide) groups is 1. The Morgan fingerprint density at radius 2 is 1.70 bits per heavy atom. The van der Waals surface area contributed by atoms with Gasteiger partial charge >= 0.3 is 0 Å². The van der Waals surface area contributed by atoms with Gasteiger partial charge in [-0.25, -0.2) is 9.97 Å². The molecule has 3 rings (SSSR count). The van der Waals surface area contributed by atoms with Crippen molar-refractivity contribution in [2.45, 2.75) is 36.5 Å². The van der Waals surface area contributed by atoms with E-state index < -0.39 is 0 Å². The number of benzene rings is 1. The molecular weight excluding hydrogens is 266 g/mol. The van der Waals surface area contributed by atoms with E-state index >= 15 is 0 Å². The van der Waals surface area contributed by atoms with Crippen molar-refractivity contribution in [1.29, 1.82) is 0 Å². The van der Waals surface area contributed by atoms with E-state index in [-0.39, 0.29) is 0 Å². The largest absolute Gasteiger partial charge is 0.324 e. The minimum atomic E-state index is 0.670. The molecule has 1 aromatic carbocycles. The lowest BCUT2D eigenvalue weighted by Crippen LogP contribution is -2.00. The monoisotopic (exact) mass is 285 g/mol. The predicted molar refractivity (Wildman–Crippen MR) is 84.7 cm³/mol. The standard InChI is InChI=1S/C16H19N3S/c1-20-15-8-6-14(7-9-15)19-16-17-10-13(11-18-16)12-4-2-3-5-12/h6-12H,2-5H2,1H3,(H,17,18,19). The highest BCUT2D eigenvalue weighted by Crippen LogP contribution is 2.33. The Hall–Kier alpha value is -1.55. The van der Waals surface area contributed by atoms with Crippen LogP contribution < -0.4 is 5.32 Å². The Balaban J connectivity index is 1.67. The van der Waals surface area contributed by atoms with Crippen LogP contribution in [-0.4, -0.2) is 16.2 Å². The molecular formula is C16H19N3S. The quantitative estimate of drug-likeness (QED) is 0.833.